The molecule has 130 valence electrons. The minimum Gasteiger partial charge on any atom is -0.392 e. The van der Waals surface area contributed by atoms with Gasteiger partial charge in [-0.25, -0.2) is 4.39 Å². The van der Waals surface area contributed by atoms with Crippen LogP contribution in [0.25, 0.3) is 0 Å². The van der Waals surface area contributed by atoms with E-state index in [1.807, 2.05) is 11.6 Å². The number of nitrogens with one attached hydrogen (secondary N) is 1. The van der Waals surface area contributed by atoms with E-state index in [4.69, 9.17) is 5.11 Å². The molecule has 0 aliphatic carbocycles. The van der Waals surface area contributed by atoms with Crippen molar-refractivity contribution >= 4 is 5.91 Å². The smallest absolute Gasteiger partial charge is 0.255 e. The molecule has 0 spiro atoms. The third-order valence-electron chi connectivity index (χ3n) is 3.80. The van der Waals surface area contributed by atoms with Gasteiger partial charge in [-0.3, -0.25) is 9.48 Å². The number of rotatable bonds is 7. The van der Waals surface area contributed by atoms with Gasteiger partial charge in [0.2, 0.25) is 0 Å². The summed E-state index contributed by atoms with van der Waals surface area (Å²) in [7, 11) is 0. The molecule has 1 aromatic heterocycles. The second-order valence-electron chi connectivity index (χ2n) is 6.20. The summed E-state index contributed by atoms with van der Waals surface area (Å²) < 4.78 is 15.3. The second-order valence-corrected chi connectivity index (χ2v) is 6.20. The van der Waals surface area contributed by atoms with Crippen LogP contribution in [-0.4, -0.2) is 20.8 Å². The fourth-order valence-corrected chi connectivity index (χ4v) is 2.61. The van der Waals surface area contributed by atoms with E-state index in [0.29, 0.717) is 11.5 Å². The van der Waals surface area contributed by atoms with Gasteiger partial charge in [0, 0.05) is 18.7 Å². The number of carbonyl (C=O) groups is 1. The third-order valence-corrected chi connectivity index (χ3v) is 3.80. The summed E-state index contributed by atoms with van der Waals surface area (Å²) >= 11 is 0. The van der Waals surface area contributed by atoms with Crippen molar-refractivity contribution in [3.8, 4) is 0 Å². The SMILES string of the molecule is CCc1c(C(=O)NCc2ccc(F)c(CO)c2)cnn1CC(C)C. The van der Waals surface area contributed by atoms with Gasteiger partial charge in [-0.15, -0.1) is 0 Å². The van der Waals surface area contributed by atoms with E-state index in [9.17, 15) is 9.18 Å². The average Bonchev–Trinajstić information content (AvgIpc) is 2.95. The molecule has 1 aromatic carbocycles. The lowest BCUT2D eigenvalue weighted by Gasteiger charge is -2.11. The average molecular weight is 333 g/mol. The Hall–Kier alpha value is -2.21. The lowest BCUT2D eigenvalue weighted by atomic mass is 10.1. The van der Waals surface area contributed by atoms with Crippen LogP contribution in [0.1, 0.15) is 48.0 Å². The van der Waals surface area contributed by atoms with E-state index >= 15 is 0 Å². The van der Waals surface area contributed by atoms with Crippen LogP contribution in [0, 0.1) is 11.7 Å². The summed E-state index contributed by atoms with van der Waals surface area (Å²) in [4.78, 5) is 12.4. The van der Waals surface area contributed by atoms with Crippen molar-refractivity contribution in [3.63, 3.8) is 0 Å². The maximum absolute atomic E-state index is 13.4. The summed E-state index contributed by atoms with van der Waals surface area (Å²) in [6.45, 7) is 6.88. The molecule has 0 radical (unpaired) electrons. The Labute approximate surface area is 141 Å². The normalized spacial score (nSPS) is 11.1. The van der Waals surface area contributed by atoms with Gasteiger partial charge >= 0.3 is 0 Å². The van der Waals surface area contributed by atoms with E-state index < -0.39 is 5.82 Å². The molecule has 1 amide bonds. The summed E-state index contributed by atoms with van der Waals surface area (Å²) in [5.41, 5.74) is 2.45. The first-order valence-electron chi connectivity index (χ1n) is 8.17. The number of amides is 1. The molecule has 0 saturated carbocycles. The molecular weight excluding hydrogens is 309 g/mol. The van der Waals surface area contributed by atoms with E-state index in [1.165, 1.54) is 6.07 Å². The highest BCUT2D eigenvalue weighted by Gasteiger charge is 2.16. The van der Waals surface area contributed by atoms with Crippen LogP contribution < -0.4 is 5.32 Å². The maximum Gasteiger partial charge on any atom is 0.255 e. The molecule has 2 N–H and O–H groups in total. The minimum atomic E-state index is -0.448. The number of nitrogens with zero attached hydrogens (tertiary/aromatic N) is 2. The fraction of sp³-hybridized carbons (Fsp3) is 0.444. The minimum absolute atomic E-state index is 0.197. The Morgan fingerprint density at radius 2 is 2.17 bits per heavy atom. The van der Waals surface area contributed by atoms with Gasteiger partial charge in [0.05, 0.1) is 24.1 Å². The van der Waals surface area contributed by atoms with Gasteiger partial charge in [-0.1, -0.05) is 26.8 Å². The fourth-order valence-electron chi connectivity index (χ4n) is 2.61. The van der Waals surface area contributed by atoms with Crippen LogP contribution in [0.2, 0.25) is 0 Å². The van der Waals surface area contributed by atoms with Crippen molar-refractivity contribution < 1.29 is 14.3 Å². The van der Waals surface area contributed by atoms with E-state index in [1.54, 1.807) is 18.3 Å². The highest BCUT2D eigenvalue weighted by molar-refractivity contribution is 5.95. The zero-order chi connectivity index (χ0) is 17.7. The Balaban J connectivity index is 2.09. The van der Waals surface area contributed by atoms with Gasteiger partial charge in [0.1, 0.15) is 5.82 Å². The zero-order valence-electron chi connectivity index (χ0n) is 14.3. The van der Waals surface area contributed by atoms with Gasteiger partial charge < -0.3 is 10.4 Å². The predicted molar refractivity (Wildman–Crippen MR) is 89.9 cm³/mol. The molecule has 0 fully saturated rings. The Morgan fingerprint density at radius 3 is 2.79 bits per heavy atom. The number of aromatic nitrogens is 2. The van der Waals surface area contributed by atoms with Gasteiger partial charge in [0.15, 0.2) is 0 Å². The highest BCUT2D eigenvalue weighted by Crippen LogP contribution is 2.13. The predicted octanol–water partition coefficient (Wildman–Crippen LogP) is 2.66. The van der Waals surface area contributed by atoms with Crippen LogP contribution in [0.4, 0.5) is 4.39 Å². The van der Waals surface area contributed by atoms with E-state index in [0.717, 1.165) is 24.2 Å². The number of aliphatic hydroxyl groups excluding tert-OH is 1. The summed E-state index contributed by atoms with van der Waals surface area (Å²) in [5.74, 6) is -0.199. The first-order chi connectivity index (χ1) is 11.5. The first kappa shape index (κ1) is 18.1. The molecule has 2 aromatic rings. The van der Waals surface area contributed by atoms with E-state index in [2.05, 4.69) is 24.3 Å². The van der Waals surface area contributed by atoms with Crippen LogP contribution >= 0.6 is 0 Å². The summed E-state index contributed by atoms with van der Waals surface area (Å²) in [6.07, 6.45) is 2.32. The van der Waals surface area contributed by atoms with Crippen molar-refractivity contribution in [2.24, 2.45) is 5.92 Å². The van der Waals surface area contributed by atoms with Crippen molar-refractivity contribution in [3.05, 3.63) is 52.6 Å². The van der Waals surface area contributed by atoms with E-state index in [-0.39, 0.29) is 24.6 Å². The number of hydrogen-bond acceptors (Lipinski definition) is 3. The molecule has 24 heavy (non-hydrogen) atoms. The lowest BCUT2D eigenvalue weighted by molar-refractivity contribution is 0.0949. The molecule has 0 atom stereocenters. The molecule has 0 saturated heterocycles. The molecule has 0 aliphatic heterocycles. The van der Waals surface area contributed by atoms with Crippen LogP contribution in [0.15, 0.2) is 24.4 Å². The number of aliphatic hydroxyl groups is 1. The topological polar surface area (TPSA) is 67.2 Å². The Bertz CT molecular complexity index is 710. The van der Waals surface area contributed by atoms with Crippen molar-refractivity contribution in [2.75, 3.05) is 0 Å². The maximum atomic E-state index is 13.4. The second kappa shape index (κ2) is 8.06. The molecular formula is C18H24FN3O2. The number of carbonyl (C=O) groups excluding carboxylic acids is 1. The van der Waals surface area contributed by atoms with Crippen LogP contribution in [0.3, 0.4) is 0 Å². The Morgan fingerprint density at radius 1 is 1.42 bits per heavy atom. The zero-order valence-corrected chi connectivity index (χ0v) is 14.3. The Kier molecular flexibility index (Phi) is 6.09. The third kappa shape index (κ3) is 4.20. The molecule has 5 nitrogen and oxygen atoms in total. The highest BCUT2D eigenvalue weighted by atomic mass is 19.1. The van der Waals surface area contributed by atoms with Crippen molar-refractivity contribution in [1.29, 1.82) is 0 Å². The van der Waals surface area contributed by atoms with Crippen molar-refractivity contribution in [2.45, 2.75) is 46.9 Å². The van der Waals surface area contributed by atoms with Crippen LogP contribution in [-0.2, 0) is 26.1 Å². The van der Waals surface area contributed by atoms with Gasteiger partial charge in [-0.2, -0.15) is 5.10 Å². The van der Waals surface area contributed by atoms with Crippen molar-refractivity contribution in [1.82, 2.24) is 15.1 Å². The molecule has 0 bridgehead atoms. The molecule has 2 rings (SSSR count). The summed E-state index contributed by atoms with van der Waals surface area (Å²) in [5, 5.41) is 16.2. The van der Waals surface area contributed by atoms with Crippen LogP contribution in [0.5, 0.6) is 0 Å². The largest absolute Gasteiger partial charge is 0.392 e. The van der Waals surface area contributed by atoms with Gasteiger partial charge in [0.25, 0.3) is 5.91 Å². The number of halogens is 1. The number of hydrogen-bond donors (Lipinski definition) is 2. The molecule has 0 aliphatic rings. The quantitative estimate of drug-likeness (QED) is 0.818. The molecule has 0 unspecified atom stereocenters. The molecule has 6 heteroatoms. The summed E-state index contributed by atoms with van der Waals surface area (Å²) in [6, 6.07) is 4.45. The first-order valence-corrected chi connectivity index (χ1v) is 8.17. The monoisotopic (exact) mass is 333 g/mol. The lowest BCUT2D eigenvalue weighted by Crippen LogP contribution is -2.24. The standard InChI is InChI=1S/C18H24FN3O2/c1-4-17-15(9-21-22(17)10-12(2)3)18(24)20-8-13-5-6-16(19)14(7-13)11-23/h5-7,9,12,23H,4,8,10-11H2,1-3H3,(H,20,24). The molecule has 1 heterocycles. The van der Waals surface area contributed by atoms with Gasteiger partial charge in [-0.05, 0) is 30.0 Å². The number of benzene rings is 1.